The number of aryl methyl sites for hydroxylation is 2. The molecular weight excluding hydrogens is 512 g/mol. The summed E-state index contributed by atoms with van der Waals surface area (Å²) in [6.45, 7) is 11.9. The standard InChI is InChI=1S/C39H36N2O/c1-23(2)30-21-28(27-12-8-7-9-13-27)22-31(24(3)4)37(30)41-34-15-11-10-14-33(34)40-39(41)29-18-17-26(6)36-32-20-25(5)16-19-35(32)42-38(29)36/h7-24H,1-6H3/i23D,24D. The zero-order valence-corrected chi connectivity index (χ0v) is 25.0. The third-order valence-electron chi connectivity index (χ3n) is 8.30. The third kappa shape index (κ3) is 4.15. The predicted octanol–water partition coefficient (Wildman–Crippen LogP) is 11.1. The highest BCUT2D eigenvalue weighted by Crippen LogP contribution is 2.43. The van der Waals surface area contributed by atoms with Crippen LogP contribution in [0.1, 0.15) is 64.5 Å². The lowest BCUT2D eigenvalue weighted by molar-refractivity contribution is 0.669. The van der Waals surface area contributed by atoms with Crippen LogP contribution in [0.15, 0.2) is 101 Å². The van der Waals surface area contributed by atoms with Gasteiger partial charge in [-0.3, -0.25) is 4.57 Å². The Bertz CT molecular complexity index is 2170. The molecule has 0 bridgehead atoms. The molecule has 2 heterocycles. The number of hydrogen-bond donors (Lipinski definition) is 0. The lowest BCUT2D eigenvalue weighted by atomic mass is 9.88. The van der Waals surface area contributed by atoms with E-state index in [1.54, 1.807) is 0 Å². The van der Waals surface area contributed by atoms with Crippen molar-refractivity contribution in [2.24, 2.45) is 0 Å². The minimum absolute atomic E-state index is 0.732. The first kappa shape index (κ1) is 24.0. The quantitative estimate of drug-likeness (QED) is 0.213. The Morgan fingerprint density at radius 1 is 0.738 bits per heavy atom. The molecule has 7 aromatic rings. The first-order valence-corrected chi connectivity index (χ1v) is 14.6. The minimum atomic E-state index is -0.970. The zero-order chi connectivity index (χ0) is 31.0. The Labute approximate surface area is 250 Å². The van der Waals surface area contributed by atoms with Gasteiger partial charge in [0, 0.05) is 13.5 Å². The molecule has 0 amide bonds. The number of nitrogens with zero attached hydrogens (tertiary/aromatic N) is 2. The van der Waals surface area contributed by atoms with E-state index >= 15 is 0 Å². The molecule has 2 aromatic heterocycles. The second-order valence-electron chi connectivity index (χ2n) is 11.8. The molecule has 42 heavy (non-hydrogen) atoms. The van der Waals surface area contributed by atoms with Gasteiger partial charge in [-0.1, -0.05) is 87.9 Å². The average molecular weight is 551 g/mol. The molecule has 0 saturated carbocycles. The summed E-state index contributed by atoms with van der Waals surface area (Å²) in [6, 6.07) is 33.1. The van der Waals surface area contributed by atoms with E-state index in [1.165, 1.54) is 5.56 Å². The summed E-state index contributed by atoms with van der Waals surface area (Å²) in [6.07, 6.45) is 0. The highest BCUT2D eigenvalue weighted by molar-refractivity contribution is 6.11. The molecule has 3 heteroatoms. The molecule has 0 N–H and O–H groups in total. The number of rotatable bonds is 5. The number of fused-ring (bicyclic) bond motifs is 4. The van der Waals surface area contributed by atoms with Crippen molar-refractivity contribution in [2.45, 2.75) is 53.3 Å². The Kier molecular flexibility index (Phi) is 5.73. The van der Waals surface area contributed by atoms with Crippen LogP contribution in [0.25, 0.3) is 61.2 Å². The molecule has 0 fully saturated rings. The lowest BCUT2D eigenvalue weighted by Gasteiger charge is -2.24. The van der Waals surface area contributed by atoms with Crippen LogP contribution >= 0.6 is 0 Å². The fourth-order valence-electron chi connectivity index (χ4n) is 6.20. The normalized spacial score (nSPS) is 13.2. The molecule has 0 unspecified atom stereocenters. The highest BCUT2D eigenvalue weighted by Gasteiger charge is 2.25. The van der Waals surface area contributed by atoms with Crippen LogP contribution in [0.3, 0.4) is 0 Å². The van der Waals surface area contributed by atoms with Crippen LogP contribution in [0, 0.1) is 13.8 Å². The number of hydrogen-bond acceptors (Lipinski definition) is 2. The van der Waals surface area contributed by atoms with E-state index in [2.05, 4.69) is 73.0 Å². The molecule has 208 valence electrons. The first-order valence-electron chi connectivity index (χ1n) is 15.6. The molecule has 0 aliphatic heterocycles. The molecule has 5 aromatic carbocycles. The number of benzene rings is 5. The van der Waals surface area contributed by atoms with E-state index in [4.69, 9.17) is 9.40 Å². The van der Waals surface area contributed by atoms with Crippen LogP contribution in [0.2, 0.25) is 0 Å². The summed E-state index contributed by atoms with van der Waals surface area (Å²) < 4.78 is 27.6. The zero-order valence-electron chi connectivity index (χ0n) is 27.0. The van der Waals surface area contributed by atoms with Crippen LogP contribution < -0.4 is 0 Å². The fourth-order valence-corrected chi connectivity index (χ4v) is 6.20. The van der Waals surface area contributed by atoms with Gasteiger partial charge >= 0.3 is 0 Å². The maximum absolute atomic E-state index is 9.40. The second kappa shape index (κ2) is 10.0. The SMILES string of the molecule is [2H]C(C)(C)c1cc(-c2ccccc2)cc(C([2H])(C)C)c1-n1c(-c2ccc(C)c3c2oc2ccc(C)cc23)nc2ccccc21. The van der Waals surface area contributed by atoms with Crippen LogP contribution in [0.4, 0.5) is 0 Å². The van der Waals surface area contributed by atoms with Gasteiger partial charge in [0.25, 0.3) is 0 Å². The first-order chi connectivity index (χ1) is 20.9. The van der Waals surface area contributed by atoms with E-state index in [9.17, 15) is 2.74 Å². The Morgan fingerprint density at radius 2 is 1.43 bits per heavy atom. The molecule has 3 nitrogen and oxygen atoms in total. The number of imidazole rings is 1. The van der Waals surface area contributed by atoms with Crippen molar-refractivity contribution in [3.05, 3.63) is 119 Å². The Morgan fingerprint density at radius 3 is 2.14 bits per heavy atom. The van der Waals surface area contributed by atoms with Crippen molar-refractivity contribution in [1.82, 2.24) is 9.55 Å². The molecule has 7 rings (SSSR count). The maximum atomic E-state index is 9.40. The van der Waals surface area contributed by atoms with Gasteiger partial charge < -0.3 is 4.42 Å². The molecule has 0 aliphatic carbocycles. The average Bonchev–Trinajstić information content (AvgIpc) is 3.55. The smallest absolute Gasteiger partial charge is 0.149 e. The van der Waals surface area contributed by atoms with Gasteiger partial charge in [0.1, 0.15) is 17.0 Å². The van der Waals surface area contributed by atoms with Crippen LogP contribution in [-0.2, 0) is 0 Å². The summed E-state index contributed by atoms with van der Waals surface area (Å²) in [5, 5.41) is 2.18. The van der Waals surface area contributed by atoms with Crippen molar-refractivity contribution in [3.8, 4) is 28.2 Å². The van der Waals surface area contributed by atoms with E-state index in [1.807, 2.05) is 70.2 Å². The second-order valence-corrected chi connectivity index (χ2v) is 11.8. The number of furan rings is 1. The molecule has 0 spiro atoms. The minimum Gasteiger partial charge on any atom is -0.455 e. The number of para-hydroxylation sites is 2. The topological polar surface area (TPSA) is 31.0 Å². The summed E-state index contributed by atoms with van der Waals surface area (Å²) >= 11 is 0. The van der Waals surface area contributed by atoms with Crippen LogP contribution in [-0.4, -0.2) is 9.55 Å². The summed E-state index contributed by atoms with van der Waals surface area (Å²) in [5.41, 5.74) is 11.2. The van der Waals surface area contributed by atoms with Gasteiger partial charge in [-0.25, -0.2) is 4.98 Å². The van der Waals surface area contributed by atoms with Gasteiger partial charge in [0.2, 0.25) is 0 Å². The largest absolute Gasteiger partial charge is 0.455 e. The van der Waals surface area contributed by atoms with Gasteiger partial charge in [-0.15, -0.1) is 0 Å². The molecular formula is C39H36N2O. The number of aromatic nitrogens is 2. The summed E-state index contributed by atoms with van der Waals surface area (Å²) in [7, 11) is 0. The van der Waals surface area contributed by atoms with E-state index in [-0.39, 0.29) is 0 Å². The van der Waals surface area contributed by atoms with Crippen molar-refractivity contribution in [3.63, 3.8) is 0 Å². The Hall–Kier alpha value is -4.63. The predicted molar refractivity (Wildman–Crippen MR) is 177 cm³/mol. The Balaban J connectivity index is 1.64. The van der Waals surface area contributed by atoms with E-state index in [0.717, 1.165) is 77.9 Å². The summed E-state index contributed by atoms with van der Waals surface area (Å²) in [4.78, 5) is 5.23. The van der Waals surface area contributed by atoms with Gasteiger partial charge in [0.15, 0.2) is 0 Å². The van der Waals surface area contributed by atoms with Crippen molar-refractivity contribution < 1.29 is 7.16 Å². The molecule has 0 saturated heterocycles. The van der Waals surface area contributed by atoms with Gasteiger partial charge in [-0.05, 0) is 95.9 Å². The van der Waals surface area contributed by atoms with Gasteiger partial charge in [-0.2, -0.15) is 0 Å². The lowest BCUT2D eigenvalue weighted by Crippen LogP contribution is -2.09. The monoisotopic (exact) mass is 550 g/mol. The third-order valence-corrected chi connectivity index (χ3v) is 8.30. The van der Waals surface area contributed by atoms with Crippen molar-refractivity contribution >= 4 is 33.0 Å². The summed E-state index contributed by atoms with van der Waals surface area (Å²) in [5.74, 6) is -1.21. The molecule has 0 aliphatic rings. The van der Waals surface area contributed by atoms with E-state index < -0.39 is 11.8 Å². The molecule has 0 atom stereocenters. The maximum Gasteiger partial charge on any atom is 0.149 e. The molecule has 0 radical (unpaired) electrons. The highest BCUT2D eigenvalue weighted by atomic mass is 16.3. The van der Waals surface area contributed by atoms with Crippen molar-refractivity contribution in [1.29, 1.82) is 0 Å². The van der Waals surface area contributed by atoms with Crippen LogP contribution in [0.5, 0.6) is 0 Å². The van der Waals surface area contributed by atoms with E-state index in [0.29, 0.717) is 0 Å². The fraction of sp³-hybridized carbons (Fsp3) is 0.205. The van der Waals surface area contributed by atoms with Gasteiger partial charge in [0.05, 0.1) is 22.3 Å². The van der Waals surface area contributed by atoms with Crippen molar-refractivity contribution in [2.75, 3.05) is 0 Å².